The minimum Gasteiger partial charge on any atom is -0.372 e. The van der Waals surface area contributed by atoms with Gasteiger partial charge < -0.3 is 4.74 Å². The molecule has 17 heavy (non-hydrogen) atoms. The van der Waals surface area contributed by atoms with Crippen molar-refractivity contribution in [2.24, 2.45) is 0 Å². The molecule has 1 aromatic rings. The van der Waals surface area contributed by atoms with Crippen LogP contribution in [0.1, 0.15) is 16.1 Å². The van der Waals surface area contributed by atoms with Crippen LogP contribution in [0.15, 0.2) is 9.85 Å². The lowest BCUT2D eigenvalue weighted by Gasteiger charge is -2.10. The Morgan fingerprint density at radius 2 is 2.12 bits per heavy atom. The lowest BCUT2D eigenvalue weighted by Crippen LogP contribution is -2.17. The molecule has 0 amide bonds. The highest BCUT2D eigenvalue weighted by Crippen LogP contribution is 2.39. The zero-order valence-electron chi connectivity index (χ0n) is 8.36. The first-order chi connectivity index (χ1) is 7.79. The van der Waals surface area contributed by atoms with E-state index in [4.69, 9.17) is 11.6 Å². The van der Waals surface area contributed by atoms with Gasteiger partial charge >= 0.3 is 6.18 Å². The number of alkyl halides is 4. The average Bonchev–Trinajstić information content (AvgIpc) is 2.52. The average molecular weight is 416 g/mol. The second-order valence-electron chi connectivity index (χ2n) is 3.19. The van der Waals surface area contributed by atoms with E-state index in [0.717, 1.165) is 8.66 Å². The van der Waals surface area contributed by atoms with E-state index in [1.165, 1.54) is 11.3 Å². The Morgan fingerprint density at radius 3 is 2.59 bits per heavy atom. The highest BCUT2D eigenvalue weighted by atomic mass is 79.9. The number of rotatable bonds is 5. The van der Waals surface area contributed by atoms with Gasteiger partial charge in [0.15, 0.2) is 0 Å². The fourth-order valence-corrected chi connectivity index (χ4v) is 3.39. The summed E-state index contributed by atoms with van der Waals surface area (Å²) in [6.07, 6.45) is -3.81. The number of thiophene rings is 1. The minimum atomic E-state index is -4.27. The van der Waals surface area contributed by atoms with Gasteiger partial charge in [-0.15, -0.1) is 11.3 Å². The number of ether oxygens (including phenoxy) is 1. The van der Waals surface area contributed by atoms with E-state index in [2.05, 4.69) is 36.6 Å². The van der Waals surface area contributed by atoms with Crippen LogP contribution in [0.4, 0.5) is 13.2 Å². The van der Waals surface area contributed by atoms with Crippen molar-refractivity contribution < 1.29 is 17.9 Å². The van der Waals surface area contributed by atoms with Gasteiger partial charge in [-0.05, 0) is 28.4 Å². The van der Waals surface area contributed by atoms with Crippen molar-refractivity contribution in [3.8, 4) is 0 Å². The fourth-order valence-electron chi connectivity index (χ4n) is 1.03. The number of hydrogen-bond acceptors (Lipinski definition) is 2. The molecule has 0 aliphatic carbocycles. The molecule has 8 heteroatoms. The summed E-state index contributed by atoms with van der Waals surface area (Å²) in [6.45, 7) is -1.16. The third-order valence-electron chi connectivity index (χ3n) is 1.75. The van der Waals surface area contributed by atoms with Crippen LogP contribution in [-0.2, 0) is 4.74 Å². The van der Waals surface area contributed by atoms with Crippen molar-refractivity contribution in [2.45, 2.75) is 17.4 Å². The van der Waals surface area contributed by atoms with E-state index in [1.807, 2.05) is 0 Å². The molecule has 98 valence electrons. The zero-order chi connectivity index (χ0) is 13.1. The van der Waals surface area contributed by atoms with Gasteiger partial charge in [-0.1, -0.05) is 27.5 Å². The van der Waals surface area contributed by atoms with Crippen molar-refractivity contribution in [1.82, 2.24) is 0 Å². The maximum atomic E-state index is 11.8. The molecule has 0 fully saturated rings. The standard InChI is InChI=1S/C9H8Br2ClF3OS/c10-5(1-2-16-4-9(13,14)15)7-3-6(12)8(11)17-7/h3,5H,1-2,4H2. The largest absolute Gasteiger partial charge is 0.411 e. The van der Waals surface area contributed by atoms with Gasteiger partial charge in [0.05, 0.1) is 13.6 Å². The van der Waals surface area contributed by atoms with E-state index in [9.17, 15) is 13.2 Å². The quantitative estimate of drug-likeness (QED) is 0.451. The zero-order valence-corrected chi connectivity index (χ0v) is 13.1. The highest BCUT2D eigenvalue weighted by Gasteiger charge is 2.27. The molecule has 1 rings (SSSR count). The summed E-state index contributed by atoms with van der Waals surface area (Å²) in [5.41, 5.74) is 0. The molecule has 0 saturated carbocycles. The van der Waals surface area contributed by atoms with E-state index in [0.29, 0.717) is 11.4 Å². The van der Waals surface area contributed by atoms with Crippen LogP contribution in [0.25, 0.3) is 0 Å². The van der Waals surface area contributed by atoms with Gasteiger partial charge in [-0.2, -0.15) is 13.2 Å². The smallest absolute Gasteiger partial charge is 0.372 e. The molecule has 1 nitrogen and oxygen atoms in total. The molecule has 0 radical (unpaired) electrons. The van der Waals surface area contributed by atoms with Crippen LogP contribution in [0, 0.1) is 0 Å². The van der Waals surface area contributed by atoms with Crippen LogP contribution in [0.5, 0.6) is 0 Å². The third-order valence-corrected chi connectivity index (χ3v) is 5.60. The summed E-state index contributed by atoms with van der Waals surface area (Å²) in [5, 5.41) is 0.602. The summed E-state index contributed by atoms with van der Waals surface area (Å²) in [6, 6.07) is 1.78. The second kappa shape index (κ2) is 6.75. The van der Waals surface area contributed by atoms with Gasteiger partial charge in [-0.25, -0.2) is 0 Å². The molecule has 0 N–H and O–H groups in total. The van der Waals surface area contributed by atoms with Gasteiger partial charge in [0, 0.05) is 11.5 Å². The predicted molar refractivity (Wildman–Crippen MR) is 70.2 cm³/mol. The number of hydrogen-bond donors (Lipinski definition) is 0. The predicted octanol–water partition coefficient (Wildman–Crippen LogP) is 5.57. The Balaban J connectivity index is 2.33. The third kappa shape index (κ3) is 5.92. The normalized spacial score (nSPS) is 14.0. The van der Waals surface area contributed by atoms with Crippen LogP contribution >= 0.6 is 54.8 Å². The molecule has 0 aliphatic heterocycles. The molecule has 0 bridgehead atoms. The summed E-state index contributed by atoms with van der Waals surface area (Å²) in [4.78, 5) is 0.905. The van der Waals surface area contributed by atoms with Crippen LogP contribution in [-0.4, -0.2) is 19.4 Å². The van der Waals surface area contributed by atoms with Crippen LogP contribution in [0.3, 0.4) is 0 Å². The van der Waals surface area contributed by atoms with Crippen molar-refractivity contribution >= 4 is 54.8 Å². The Bertz CT molecular complexity index is 350. The molecule has 1 unspecified atom stereocenters. The van der Waals surface area contributed by atoms with Crippen molar-refractivity contribution in [1.29, 1.82) is 0 Å². The van der Waals surface area contributed by atoms with Crippen LogP contribution < -0.4 is 0 Å². The van der Waals surface area contributed by atoms with E-state index in [1.54, 1.807) is 6.07 Å². The summed E-state index contributed by atoms with van der Waals surface area (Å²) >= 11 is 14.0. The molecule has 1 heterocycles. The SMILES string of the molecule is FC(F)(F)COCCC(Br)c1cc(Cl)c(Br)s1. The Morgan fingerprint density at radius 1 is 1.47 bits per heavy atom. The van der Waals surface area contributed by atoms with Crippen LogP contribution in [0.2, 0.25) is 5.02 Å². The lowest BCUT2D eigenvalue weighted by molar-refractivity contribution is -0.174. The molecule has 0 aliphatic rings. The molecule has 1 aromatic heterocycles. The van der Waals surface area contributed by atoms with Crippen molar-refractivity contribution in [3.05, 3.63) is 19.8 Å². The molecule has 0 saturated heterocycles. The molecule has 0 aromatic carbocycles. The molecule has 0 spiro atoms. The lowest BCUT2D eigenvalue weighted by atomic mass is 10.3. The first-order valence-electron chi connectivity index (χ1n) is 4.53. The fraction of sp³-hybridized carbons (Fsp3) is 0.556. The minimum absolute atomic E-state index is 0.0442. The van der Waals surface area contributed by atoms with E-state index >= 15 is 0 Å². The monoisotopic (exact) mass is 414 g/mol. The Kier molecular flexibility index (Phi) is 6.25. The first-order valence-corrected chi connectivity index (χ1v) is 7.43. The molecular weight excluding hydrogens is 408 g/mol. The van der Waals surface area contributed by atoms with Crippen molar-refractivity contribution in [3.63, 3.8) is 0 Å². The van der Waals surface area contributed by atoms with Gasteiger partial charge in [0.25, 0.3) is 0 Å². The summed E-state index contributed by atoms with van der Waals surface area (Å²) < 4.78 is 40.7. The van der Waals surface area contributed by atoms with E-state index < -0.39 is 12.8 Å². The topological polar surface area (TPSA) is 9.23 Å². The second-order valence-corrected chi connectivity index (χ2v) is 7.11. The highest BCUT2D eigenvalue weighted by molar-refractivity contribution is 9.11. The Hall–Kier alpha value is 0.700. The Labute approximate surface area is 123 Å². The maximum absolute atomic E-state index is 11.8. The van der Waals surface area contributed by atoms with Gasteiger partial charge in [-0.3, -0.25) is 0 Å². The summed E-state index contributed by atoms with van der Waals surface area (Å²) in [7, 11) is 0. The number of halogens is 6. The first kappa shape index (κ1) is 15.8. The van der Waals surface area contributed by atoms with E-state index in [-0.39, 0.29) is 11.4 Å². The molecule has 1 atom stereocenters. The summed E-state index contributed by atoms with van der Waals surface area (Å²) in [5.74, 6) is 0. The molecular formula is C9H8Br2ClF3OS. The van der Waals surface area contributed by atoms with Crippen molar-refractivity contribution in [2.75, 3.05) is 13.2 Å². The maximum Gasteiger partial charge on any atom is 0.411 e. The van der Waals surface area contributed by atoms with Gasteiger partial charge in [0.1, 0.15) is 6.61 Å². The van der Waals surface area contributed by atoms with Gasteiger partial charge in [0.2, 0.25) is 0 Å².